The Labute approximate surface area is 192 Å². The lowest BCUT2D eigenvalue weighted by atomic mass is 9.96. The summed E-state index contributed by atoms with van der Waals surface area (Å²) in [6, 6.07) is 18.7. The van der Waals surface area contributed by atoms with Gasteiger partial charge in [0.15, 0.2) is 0 Å². The molecule has 1 saturated heterocycles. The summed E-state index contributed by atoms with van der Waals surface area (Å²) >= 11 is 0. The molecule has 1 unspecified atom stereocenters. The number of imidazole rings is 1. The summed E-state index contributed by atoms with van der Waals surface area (Å²) in [5.41, 5.74) is 3.81. The highest BCUT2D eigenvalue weighted by Gasteiger charge is 2.30. The maximum Gasteiger partial charge on any atom is 0.256 e. The van der Waals surface area contributed by atoms with Gasteiger partial charge in [-0.05, 0) is 61.7 Å². The first-order valence-electron chi connectivity index (χ1n) is 11.2. The number of pyridine rings is 1. The van der Waals surface area contributed by atoms with Crippen molar-refractivity contribution in [2.75, 3.05) is 20.2 Å². The van der Waals surface area contributed by atoms with Crippen molar-refractivity contribution in [3.8, 4) is 17.0 Å². The average Bonchev–Trinajstić information content (AvgIpc) is 3.24. The highest BCUT2D eigenvalue weighted by atomic mass is 19.1. The Hall–Kier alpha value is -3.67. The second-order valence-electron chi connectivity index (χ2n) is 8.58. The molecule has 0 bridgehead atoms. The van der Waals surface area contributed by atoms with Crippen LogP contribution in [0.4, 0.5) is 4.39 Å². The van der Waals surface area contributed by atoms with Crippen LogP contribution in [0.1, 0.15) is 40.5 Å². The first kappa shape index (κ1) is 21.2. The number of likely N-dealkylation sites (tertiary alicyclic amines) is 1. The van der Waals surface area contributed by atoms with Crippen LogP contribution in [-0.2, 0) is 0 Å². The number of hydrogen-bond acceptors (Lipinski definition) is 3. The molecule has 3 heterocycles. The van der Waals surface area contributed by atoms with E-state index in [1.165, 1.54) is 6.07 Å². The monoisotopic (exact) mass is 443 g/mol. The van der Waals surface area contributed by atoms with E-state index in [9.17, 15) is 9.18 Å². The van der Waals surface area contributed by atoms with Crippen molar-refractivity contribution in [1.82, 2.24) is 14.3 Å². The van der Waals surface area contributed by atoms with Crippen LogP contribution in [-0.4, -0.2) is 40.4 Å². The predicted molar refractivity (Wildman–Crippen MR) is 126 cm³/mol. The summed E-state index contributed by atoms with van der Waals surface area (Å²) in [4.78, 5) is 19.9. The molecule has 1 aliphatic heterocycles. The third-order valence-electron chi connectivity index (χ3n) is 6.35. The first-order valence-corrected chi connectivity index (χ1v) is 11.2. The molecular weight excluding hydrogens is 417 g/mol. The van der Waals surface area contributed by atoms with E-state index in [1.807, 2.05) is 49.5 Å². The number of halogens is 1. The number of fused-ring (bicyclic) bond motifs is 1. The largest absolute Gasteiger partial charge is 0.497 e. The van der Waals surface area contributed by atoms with Crippen molar-refractivity contribution in [3.05, 3.63) is 89.6 Å². The molecule has 5 nitrogen and oxygen atoms in total. The lowest BCUT2D eigenvalue weighted by molar-refractivity contribution is 0.0699. The van der Waals surface area contributed by atoms with E-state index in [0.29, 0.717) is 13.1 Å². The van der Waals surface area contributed by atoms with Crippen molar-refractivity contribution in [2.45, 2.75) is 25.7 Å². The molecule has 1 aliphatic rings. The van der Waals surface area contributed by atoms with Crippen LogP contribution in [0.3, 0.4) is 0 Å². The third-order valence-corrected chi connectivity index (χ3v) is 6.35. The summed E-state index contributed by atoms with van der Waals surface area (Å²) in [5, 5.41) is 0. The van der Waals surface area contributed by atoms with Gasteiger partial charge in [0.25, 0.3) is 5.91 Å². The molecule has 6 heteroatoms. The van der Waals surface area contributed by atoms with Crippen LogP contribution < -0.4 is 4.74 Å². The van der Waals surface area contributed by atoms with Gasteiger partial charge >= 0.3 is 0 Å². The second kappa shape index (κ2) is 8.70. The second-order valence-corrected chi connectivity index (χ2v) is 8.58. The van der Waals surface area contributed by atoms with Gasteiger partial charge in [-0.15, -0.1) is 0 Å². The van der Waals surface area contributed by atoms with Crippen molar-refractivity contribution >= 4 is 11.4 Å². The number of rotatable bonds is 4. The number of methoxy groups -OCH3 is 1. The molecule has 168 valence electrons. The Morgan fingerprint density at radius 2 is 2.00 bits per heavy atom. The lowest BCUT2D eigenvalue weighted by Crippen LogP contribution is -2.40. The SMILES string of the molecule is COc1cccc(-c2nc(C3CCCN(C(=O)c4ccc(C)cc4F)C3)n3ccccc23)c1. The van der Waals surface area contributed by atoms with E-state index in [1.54, 1.807) is 24.1 Å². The van der Waals surface area contributed by atoms with Crippen LogP contribution >= 0.6 is 0 Å². The van der Waals surface area contributed by atoms with Gasteiger partial charge < -0.3 is 14.0 Å². The molecule has 0 radical (unpaired) electrons. The topological polar surface area (TPSA) is 46.8 Å². The first-order chi connectivity index (χ1) is 16.0. The van der Waals surface area contributed by atoms with Gasteiger partial charge in [0.05, 0.1) is 23.9 Å². The zero-order valence-electron chi connectivity index (χ0n) is 18.8. The molecule has 0 N–H and O–H groups in total. The molecule has 0 aliphatic carbocycles. The molecule has 0 spiro atoms. The fourth-order valence-electron chi connectivity index (χ4n) is 4.67. The zero-order valence-corrected chi connectivity index (χ0v) is 18.8. The van der Waals surface area contributed by atoms with E-state index >= 15 is 0 Å². The zero-order chi connectivity index (χ0) is 22.9. The minimum Gasteiger partial charge on any atom is -0.497 e. The lowest BCUT2D eigenvalue weighted by Gasteiger charge is -2.32. The molecule has 5 rings (SSSR count). The number of aromatic nitrogens is 2. The van der Waals surface area contributed by atoms with E-state index in [-0.39, 0.29) is 17.4 Å². The average molecular weight is 444 g/mol. The molecule has 1 amide bonds. The van der Waals surface area contributed by atoms with Crippen LogP contribution in [0.2, 0.25) is 0 Å². The Bertz CT molecular complexity index is 1330. The van der Waals surface area contributed by atoms with Gasteiger partial charge in [-0.2, -0.15) is 0 Å². The Morgan fingerprint density at radius 3 is 2.82 bits per heavy atom. The molecule has 0 saturated carbocycles. The maximum absolute atomic E-state index is 14.5. The fraction of sp³-hybridized carbons (Fsp3) is 0.259. The predicted octanol–water partition coefficient (Wildman–Crippen LogP) is 5.48. The van der Waals surface area contributed by atoms with Gasteiger partial charge in [-0.3, -0.25) is 4.79 Å². The molecule has 1 fully saturated rings. The summed E-state index contributed by atoms with van der Waals surface area (Å²) in [6.07, 6.45) is 3.79. The minimum atomic E-state index is -0.464. The van der Waals surface area contributed by atoms with Gasteiger partial charge in [0.1, 0.15) is 17.4 Å². The number of carbonyl (C=O) groups is 1. The smallest absolute Gasteiger partial charge is 0.256 e. The third kappa shape index (κ3) is 3.97. The molecular formula is C27H26FN3O2. The van der Waals surface area contributed by atoms with Crippen LogP contribution in [0.25, 0.3) is 16.8 Å². The van der Waals surface area contributed by atoms with Crippen LogP contribution in [0.5, 0.6) is 5.75 Å². The van der Waals surface area contributed by atoms with Gasteiger partial charge in [0.2, 0.25) is 0 Å². The number of aryl methyl sites for hydroxylation is 1. The number of ether oxygens (including phenoxy) is 1. The number of benzene rings is 2. The van der Waals surface area contributed by atoms with Gasteiger partial charge in [-0.25, -0.2) is 9.37 Å². The molecule has 2 aromatic heterocycles. The van der Waals surface area contributed by atoms with E-state index in [0.717, 1.165) is 46.8 Å². The van der Waals surface area contributed by atoms with E-state index in [4.69, 9.17) is 9.72 Å². The maximum atomic E-state index is 14.5. The number of hydrogen-bond donors (Lipinski definition) is 0. The Kier molecular flexibility index (Phi) is 5.58. The number of nitrogens with zero attached hydrogens (tertiary/aromatic N) is 3. The number of carbonyl (C=O) groups excluding carboxylic acids is 1. The Balaban J connectivity index is 1.49. The molecule has 1 atom stereocenters. The summed E-state index contributed by atoms with van der Waals surface area (Å²) in [6.45, 7) is 2.95. The summed E-state index contributed by atoms with van der Waals surface area (Å²) < 4.78 is 22.0. The fourth-order valence-corrected chi connectivity index (χ4v) is 4.67. The Morgan fingerprint density at radius 1 is 1.12 bits per heavy atom. The van der Waals surface area contributed by atoms with E-state index in [2.05, 4.69) is 10.5 Å². The molecule has 4 aromatic rings. The van der Waals surface area contributed by atoms with Crippen LogP contribution in [0, 0.1) is 12.7 Å². The molecule has 33 heavy (non-hydrogen) atoms. The summed E-state index contributed by atoms with van der Waals surface area (Å²) in [5.74, 6) is 1.04. The highest BCUT2D eigenvalue weighted by molar-refractivity contribution is 5.94. The van der Waals surface area contributed by atoms with Crippen molar-refractivity contribution < 1.29 is 13.9 Å². The van der Waals surface area contributed by atoms with Crippen molar-refractivity contribution in [1.29, 1.82) is 0 Å². The number of amides is 1. The van der Waals surface area contributed by atoms with Gasteiger partial charge in [-0.1, -0.05) is 24.3 Å². The van der Waals surface area contributed by atoms with Crippen molar-refractivity contribution in [3.63, 3.8) is 0 Å². The highest BCUT2D eigenvalue weighted by Crippen LogP contribution is 2.33. The standard InChI is InChI=1S/C27H26FN3O2/c1-18-11-12-22(23(28)15-18)27(32)30-13-6-8-20(17-30)26-29-25(24-10-3-4-14-31(24)26)19-7-5-9-21(16-19)33-2/h3-5,7,9-12,14-16,20H,6,8,13,17H2,1-2H3. The van der Waals surface area contributed by atoms with Crippen molar-refractivity contribution in [2.24, 2.45) is 0 Å². The normalized spacial score (nSPS) is 16.2. The number of piperidine rings is 1. The van der Waals surface area contributed by atoms with E-state index < -0.39 is 5.82 Å². The summed E-state index contributed by atoms with van der Waals surface area (Å²) in [7, 11) is 1.65. The quantitative estimate of drug-likeness (QED) is 0.420. The molecule has 2 aromatic carbocycles. The van der Waals surface area contributed by atoms with Gasteiger partial charge in [0, 0.05) is 30.8 Å². The van der Waals surface area contributed by atoms with Crippen LogP contribution in [0.15, 0.2) is 66.9 Å². The minimum absolute atomic E-state index is 0.0606.